The van der Waals surface area contributed by atoms with Gasteiger partial charge in [-0.15, -0.1) is 5.10 Å². The van der Waals surface area contributed by atoms with Gasteiger partial charge in [-0.25, -0.2) is 14.1 Å². The average molecular weight is 371 g/mol. The zero-order valence-corrected chi connectivity index (χ0v) is 15.9. The number of nitrogens with zero attached hydrogens (tertiary/aromatic N) is 4. The van der Waals surface area contributed by atoms with Crippen LogP contribution in [-0.4, -0.2) is 50.7 Å². The van der Waals surface area contributed by atoms with E-state index in [0.717, 1.165) is 32.2 Å². The third-order valence-electron chi connectivity index (χ3n) is 5.22. The molecular weight excluding hydrogens is 345 g/mol. The van der Waals surface area contributed by atoms with Crippen LogP contribution >= 0.6 is 0 Å². The Morgan fingerprint density at radius 1 is 1.37 bits per heavy atom. The number of amides is 1. The molecule has 4 rings (SSSR count). The van der Waals surface area contributed by atoms with Crippen LogP contribution in [-0.2, 0) is 0 Å². The Balaban J connectivity index is 1.64. The first kappa shape index (κ1) is 18.1. The second kappa shape index (κ2) is 7.38. The molecule has 2 fully saturated rings. The molecule has 1 aromatic heterocycles. The van der Waals surface area contributed by atoms with Crippen LogP contribution in [0.3, 0.4) is 0 Å². The molecule has 1 N–H and O–H groups in total. The normalized spacial score (nSPS) is 19.6. The minimum atomic E-state index is -0.336. The van der Waals surface area contributed by atoms with Crippen molar-refractivity contribution in [1.82, 2.24) is 25.0 Å². The fraction of sp³-hybridized carbons (Fsp3) is 0.550. The maximum atomic E-state index is 13.7. The number of nitrogens with one attached hydrogen (secondary N) is 1. The molecule has 1 amide bonds. The van der Waals surface area contributed by atoms with Crippen molar-refractivity contribution in [2.45, 2.75) is 57.5 Å². The molecule has 2 aliphatic rings. The lowest BCUT2D eigenvalue weighted by Gasteiger charge is -2.24. The number of hydrogen-bond donors (Lipinski definition) is 1. The molecule has 1 aromatic carbocycles. The molecule has 2 aromatic rings. The van der Waals surface area contributed by atoms with Gasteiger partial charge in [-0.3, -0.25) is 4.79 Å². The van der Waals surface area contributed by atoms with Gasteiger partial charge in [0.1, 0.15) is 11.6 Å². The molecule has 7 heteroatoms. The summed E-state index contributed by atoms with van der Waals surface area (Å²) >= 11 is 0. The van der Waals surface area contributed by atoms with Crippen LogP contribution in [0, 0.1) is 5.82 Å². The second-order valence-corrected chi connectivity index (χ2v) is 7.82. The molecule has 6 nitrogen and oxygen atoms in total. The third kappa shape index (κ3) is 3.88. The zero-order valence-electron chi connectivity index (χ0n) is 15.9. The van der Waals surface area contributed by atoms with Crippen LogP contribution in [0.25, 0.3) is 5.69 Å². The Kier molecular flexibility index (Phi) is 4.95. The van der Waals surface area contributed by atoms with Gasteiger partial charge in [-0.05, 0) is 50.4 Å². The highest BCUT2D eigenvalue weighted by molar-refractivity contribution is 5.91. The first-order chi connectivity index (χ1) is 13.0. The third-order valence-corrected chi connectivity index (χ3v) is 5.22. The lowest BCUT2D eigenvalue weighted by atomic mass is 10.2. The Hall–Kier alpha value is -2.28. The van der Waals surface area contributed by atoms with E-state index in [1.807, 2.05) is 18.7 Å². The number of carbonyl (C=O) groups is 1. The average Bonchev–Trinajstić information content (AvgIpc) is 3.18. The summed E-state index contributed by atoms with van der Waals surface area (Å²) < 4.78 is 15.3. The summed E-state index contributed by atoms with van der Waals surface area (Å²) in [5.41, 5.74) is 0.584. The predicted octanol–water partition coefficient (Wildman–Crippen LogP) is 2.89. The largest absolute Gasteiger partial charge is 0.331 e. The Morgan fingerprint density at radius 2 is 2.19 bits per heavy atom. The number of hydrogen-bond acceptors (Lipinski definition) is 4. The van der Waals surface area contributed by atoms with E-state index in [1.165, 1.54) is 12.1 Å². The van der Waals surface area contributed by atoms with E-state index in [-0.39, 0.29) is 23.5 Å². The minimum absolute atomic E-state index is 0.0631. The van der Waals surface area contributed by atoms with Crippen molar-refractivity contribution < 1.29 is 9.18 Å². The Morgan fingerprint density at radius 3 is 2.81 bits per heavy atom. The first-order valence-electron chi connectivity index (χ1n) is 9.80. The van der Waals surface area contributed by atoms with Crippen molar-refractivity contribution in [2.24, 2.45) is 0 Å². The van der Waals surface area contributed by atoms with Gasteiger partial charge in [0, 0.05) is 24.5 Å². The number of halogens is 1. The molecule has 0 bridgehead atoms. The molecule has 144 valence electrons. The number of benzene rings is 1. The lowest BCUT2D eigenvalue weighted by Crippen LogP contribution is -2.42. The highest BCUT2D eigenvalue weighted by Crippen LogP contribution is 2.29. The van der Waals surface area contributed by atoms with E-state index >= 15 is 0 Å². The molecule has 0 radical (unpaired) electrons. The molecule has 1 aliphatic heterocycles. The van der Waals surface area contributed by atoms with Gasteiger partial charge in [0.05, 0.1) is 5.69 Å². The van der Waals surface area contributed by atoms with Gasteiger partial charge in [0.25, 0.3) is 5.91 Å². The summed E-state index contributed by atoms with van der Waals surface area (Å²) in [5.74, 6) is 0.473. The summed E-state index contributed by atoms with van der Waals surface area (Å²) in [6.45, 7) is 5.71. The SMILES string of the molecule is CC(C)c1nc(C(=O)N(CC2CCCN2)C2CC2)nn1-c1cccc(F)c1. The fourth-order valence-electron chi connectivity index (χ4n) is 3.65. The van der Waals surface area contributed by atoms with Crippen LogP contribution < -0.4 is 5.32 Å². The number of rotatable bonds is 6. The van der Waals surface area contributed by atoms with Crippen LogP contribution in [0.4, 0.5) is 4.39 Å². The quantitative estimate of drug-likeness (QED) is 0.848. The highest BCUT2D eigenvalue weighted by atomic mass is 19.1. The molecule has 27 heavy (non-hydrogen) atoms. The van der Waals surface area contributed by atoms with Crippen molar-refractivity contribution in [3.05, 3.63) is 41.7 Å². The monoisotopic (exact) mass is 371 g/mol. The summed E-state index contributed by atoms with van der Waals surface area (Å²) in [4.78, 5) is 19.7. The van der Waals surface area contributed by atoms with Crippen molar-refractivity contribution in [2.75, 3.05) is 13.1 Å². The van der Waals surface area contributed by atoms with Gasteiger partial charge in [-0.1, -0.05) is 19.9 Å². The van der Waals surface area contributed by atoms with E-state index < -0.39 is 0 Å². The van der Waals surface area contributed by atoms with Crippen molar-refractivity contribution in [1.29, 1.82) is 0 Å². The smallest absolute Gasteiger partial charge is 0.293 e. The Labute approximate surface area is 158 Å². The van der Waals surface area contributed by atoms with Gasteiger partial charge in [-0.2, -0.15) is 0 Å². The van der Waals surface area contributed by atoms with Crippen LogP contribution in [0.2, 0.25) is 0 Å². The van der Waals surface area contributed by atoms with Crippen LogP contribution in [0.5, 0.6) is 0 Å². The molecule has 2 heterocycles. The highest BCUT2D eigenvalue weighted by Gasteiger charge is 2.37. The van der Waals surface area contributed by atoms with Gasteiger partial charge < -0.3 is 10.2 Å². The van der Waals surface area contributed by atoms with Gasteiger partial charge >= 0.3 is 0 Å². The molecule has 1 saturated carbocycles. The van der Waals surface area contributed by atoms with E-state index in [4.69, 9.17) is 0 Å². The van der Waals surface area contributed by atoms with Gasteiger partial charge in [0.2, 0.25) is 5.82 Å². The van der Waals surface area contributed by atoms with Crippen molar-refractivity contribution >= 4 is 5.91 Å². The molecule has 1 aliphatic carbocycles. The standard InChI is InChI=1S/C20H26FN5O/c1-13(2)19-23-18(24-26(19)17-7-3-5-14(21)11-17)20(27)25(16-8-9-16)12-15-6-4-10-22-15/h3,5,7,11,13,15-16,22H,4,6,8-10,12H2,1-2H3. The zero-order chi connectivity index (χ0) is 19.0. The summed E-state index contributed by atoms with van der Waals surface area (Å²) in [7, 11) is 0. The van der Waals surface area contributed by atoms with E-state index in [2.05, 4.69) is 15.4 Å². The second-order valence-electron chi connectivity index (χ2n) is 7.82. The molecule has 1 atom stereocenters. The van der Waals surface area contributed by atoms with Crippen molar-refractivity contribution in [3.63, 3.8) is 0 Å². The van der Waals surface area contributed by atoms with E-state index in [0.29, 0.717) is 30.1 Å². The predicted molar refractivity (Wildman–Crippen MR) is 100 cm³/mol. The van der Waals surface area contributed by atoms with Crippen LogP contribution in [0.1, 0.15) is 61.9 Å². The first-order valence-corrected chi connectivity index (χ1v) is 9.80. The van der Waals surface area contributed by atoms with E-state index in [1.54, 1.807) is 16.8 Å². The van der Waals surface area contributed by atoms with Crippen LogP contribution in [0.15, 0.2) is 24.3 Å². The fourth-order valence-corrected chi connectivity index (χ4v) is 3.65. The summed E-state index contributed by atoms with van der Waals surface area (Å²) in [5, 5.41) is 7.94. The molecule has 1 unspecified atom stereocenters. The molecular formula is C20H26FN5O. The number of carbonyl (C=O) groups excluding carboxylic acids is 1. The van der Waals surface area contributed by atoms with E-state index in [9.17, 15) is 9.18 Å². The summed E-state index contributed by atoms with van der Waals surface area (Å²) in [6, 6.07) is 6.87. The Bertz CT molecular complexity index is 824. The molecule has 0 spiro atoms. The maximum Gasteiger partial charge on any atom is 0.293 e. The molecule has 1 saturated heterocycles. The topological polar surface area (TPSA) is 63.1 Å². The van der Waals surface area contributed by atoms with Crippen molar-refractivity contribution in [3.8, 4) is 5.69 Å². The van der Waals surface area contributed by atoms with Gasteiger partial charge in [0.15, 0.2) is 0 Å². The minimum Gasteiger partial charge on any atom is -0.331 e. The lowest BCUT2D eigenvalue weighted by molar-refractivity contribution is 0.0716. The maximum absolute atomic E-state index is 13.7. The summed E-state index contributed by atoms with van der Waals surface area (Å²) in [6.07, 6.45) is 4.33. The number of aromatic nitrogens is 3.